The van der Waals surface area contributed by atoms with Crippen molar-refractivity contribution in [3.8, 4) is 11.5 Å². The molecule has 0 spiro atoms. The molecule has 0 aromatic heterocycles. The number of carbonyl (C=O) groups is 2. The number of halogens is 1. The molecule has 2 aromatic rings. The number of hydrogen-bond donors (Lipinski definition) is 0. The fraction of sp³-hybridized carbons (Fsp3) is 0.333. The molecule has 0 saturated carbocycles. The molecular weight excluding hydrogens is 366 g/mol. The van der Waals surface area contributed by atoms with Crippen LogP contribution in [0.25, 0.3) is 0 Å². The van der Waals surface area contributed by atoms with Crippen LogP contribution in [0.5, 0.6) is 11.5 Å². The van der Waals surface area contributed by atoms with Crippen molar-refractivity contribution in [2.24, 2.45) is 0 Å². The lowest BCUT2D eigenvalue weighted by molar-refractivity contribution is -0.131. The second-order valence-corrected chi connectivity index (χ2v) is 6.76. The van der Waals surface area contributed by atoms with Gasteiger partial charge in [-0.2, -0.15) is 0 Å². The highest BCUT2D eigenvalue weighted by Gasteiger charge is 2.18. The van der Waals surface area contributed by atoms with Crippen molar-refractivity contribution in [1.82, 2.24) is 4.90 Å². The monoisotopic (exact) mass is 387 g/mol. The SMILES string of the molecule is CCN(Cc1cccc(Cl)c1)C(=O)CCC(=O)c1ccc2c(c1)OCCO2. The summed E-state index contributed by atoms with van der Waals surface area (Å²) in [6.07, 6.45) is 0.326. The highest BCUT2D eigenvalue weighted by molar-refractivity contribution is 6.30. The van der Waals surface area contributed by atoms with Crippen molar-refractivity contribution >= 4 is 23.3 Å². The Bertz CT molecular complexity index is 837. The lowest BCUT2D eigenvalue weighted by atomic mass is 10.1. The molecular formula is C21H22ClNO4. The minimum absolute atomic E-state index is 0.0524. The van der Waals surface area contributed by atoms with Crippen molar-refractivity contribution in [3.63, 3.8) is 0 Å². The van der Waals surface area contributed by atoms with Gasteiger partial charge in [-0.3, -0.25) is 9.59 Å². The lowest BCUT2D eigenvalue weighted by Gasteiger charge is -2.21. The number of fused-ring (bicyclic) bond motifs is 1. The Labute approximate surface area is 163 Å². The van der Waals surface area contributed by atoms with Crippen LogP contribution in [0.3, 0.4) is 0 Å². The number of hydrogen-bond acceptors (Lipinski definition) is 4. The van der Waals surface area contributed by atoms with E-state index < -0.39 is 0 Å². The number of nitrogens with zero attached hydrogens (tertiary/aromatic N) is 1. The van der Waals surface area contributed by atoms with E-state index in [1.165, 1.54) is 0 Å². The maximum Gasteiger partial charge on any atom is 0.223 e. The first-order chi connectivity index (χ1) is 13.1. The van der Waals surface area contributed by atoms with E-state index in [9.17, 15) is 9.59 Å². The fourth-order valence-corrected chi connectivity index (χ4v) is 3.18. The molecule has 5 nitrogen and oxygen atoms in total. The number of ether oxygens (including phenoxy) is 2. The average Bonchev–Trinajstić information content (AvgIpc) is 2.69. The maximum atomic E-state index is 12.5. The molecule has 0 saturated heterocycles. The first kappa shape index (κ1) is 19.2. The Morgan fingerprint density at radius 1 is 1.04 bits per heavy atom. The molecule has 0 atom stereocenters. The Hall–Kier alpha value is -2.53. The second kappa shape index (κ2) is 8.91. The summed E-state index contributed by atoms with van der Waals surface area (Å²) in [5.41, 5.74) is 1.50. The topological polar surface area (TPSA) is 55.8 Å². The van der Waals surface area contributed by atoms with Gasteiger partial charge in [-0.05, 0) is 42.8 Å². The van der Waals surface area contributed by atoms with E-state index in [2.05, 4.69) is 0 Å². The second-order valence-electron chi connectivity index (χ2n) is 6.32. The van der Waals surface area contributed by atoms with Crippen molar-refractivity contribution in [2.45, 2.75) is 26.3 Å². The van der Waals surface area contributed by atoms with Crippen LogP contribution in [0.1, 0.15) is 35.7 Å². The Morgan fingerprint density at radius 2 is 1.81 bits per heavy atom. The van der Waals surface area contributed by atoms with Gasteiger partial charge < -0.3 is 14.4 Å². The third-order valence-corrected chi connectivity index (χ3v) is 4.66. The normalized spacial score (nSPS) is 12.5. The molecule has 1 amide bonds. The summed E-state index contributed by atoms with van der Waals surface area (Å²) in [5.74, 6) is 1.09. The summed E-state index contributed by atoms with van der Waals surface area (Å²) < 4.78 is 11.0. The number of amides is 1. The minimum Gasteiger partial charge on any atom is -0.486 e. The number of Topliss-reactive ketones (excluding diaryl/α,β-unsaturated/α-hetero) is 1. The Kier molecular flexibility index (Phi) is 6.35. The zero-order chi connectivity index (χ0) is 19.2. The first-order valence-electron chi connectivity index (χ1n) is 9.02. The predicted octanol–water partition coefficient (Wildman–Crippen LogP) is 4.12. The van der Waals surface area contributed by atoms with E-state index in [1.807, 2.05) is 25.1 Å². The van der Waals surface area contributed by atoms with Gasteiger partial charge in [0.25, 0.3) is 0 Å². The third-order valence-electron chi connectivity index (χ3n) is 4.43. The number of ketones is 1. The molecule has 142 valence electrons. The molecule has 3 rings (SSSR count). The highest BCUT2D eigenvalue weighted by Crippen LogP contribution is 2.31. The molecule has 6 heteroatoms. The van der Waals surface area contributed by atoms with Crippen molar-refractivity contribution in [2.75, 3.05) is 19.8 Å². The van der Waals surface area contributed by atoms with Crippen LogP contribution in [0, 0.1) is 0 Å². The molecule has 1 aliphatic rings. The maximum absolute atomic E-state index is 12.5. The molecule has 0 aliphatic carbocycles. The van der Waals surface area contributed by atoms with Crippen LogP contribution in [-0.2, 0) is 11.3 Å². The van der Waals surface area contributed by atoms with Crippen molar-refractivity contribution in [1.29, 1.82) is 0 Å². The summed E-state index contributed by atoms with van der Waals surface area (Å²) in [5, 5.41) is 0.643. The number of carbonyl (C=O) groups excluding carboxylic acids is 2. The molecule has 0 fully saturated rings. The van der Waals surface area contributed by atoms with E-state index in [0.717, 1.165) is 5.56 Å². The van der Waals surface area contributed by atoms with Crippen LogP contribution < -0.4 is 9.47 Å². The zero-order valence-corrected chi connectivity index (χ0v) is 16.0. The highest BCUT2D eigenvalue weighted by atomic mass is 35.5. The van der Waals surface area contributed by atoms with E-state index in [-0.39, 0.29) is 24.5 Å². The van der Waals surface area contributed by atoms with Crippen molar-refractivity contribution < 1.29 is 19.1 Å². The summed E-state index contributed by atoms with van der Waals surface area (Å²) in [7, 11) is 0. The van der Waals surface area contributed by atoms with Crippen molar-refractivity contribution in [3.05, 3.63) is 58.6 Å². The first-order valence-corrected chi connectivity index (χ1v) is 9.39. The van der Waals surface area contributed by atoms with Gasteiger partial charge in [0.05, 0.1) is 0 Å². The van der Waals surface area contributed by atoms with Gasteiger partial charge in [-0.15, -0.1) is 0 Å². The standard InChI is InChI=1S/C21H22ClNO4/c1-2-23(14-15-4-3-5-17(22)12-15)21(25)9-7-18(24)16-6-8-19-20(13-16)27-11-10-26-19/h3-6,8,12-13H,2,7,9-11,14H2,1H3. The van der Waals surface area contributed by atoms with Crippen LogP contribution in [0.4, 0.5) is 0 Å². The predicted molar refractivity (Wildman–Crippen MR) is 104 cm³/mol. The van der Waals surface area contributed by atoms with Gasteiger partial charge >= 0.3 is 0 Å². The molecule has 0 unspecified atom stereocenters. The Balaban J connectivity index is 1.57. The average molecular weight is 388 g/mol. The Morgan fingerprint density at radius 3 is 2.56 bits per heavy atom. The molecule has 0 N–H and O–H groups in total. The summed E-state index contributed by atoms with van der Waals surface area (Å²) in [4.78, 5) is 26.7. The molecule has 0 radical (unpaired) electrons. The molecule has 0 bridgehead atoms. The van der Waals surface area contributed by atoms with Gasteiger partial charge in [0, 0.05) is 36.5 Å². The van der Waals surface area contributed by atoms with Crippen LogP contribution in [-0.4, -0.2) is 36.3 Å². The number of benzene rings is 2. The summed E-state index contributed by atoms with van der Waals surface area (Å²) in [6, 6.07) is 12.6. The van der Waals surface area contributed by atoms with E-state index in [4.69, 9.17) is 21.1 Å². The quantitative estimate of drug-likeness (QED) is 0.670. The van der Waals surface area contributed by atoms with E-state index in [0.29, 0.717) is 48.4 Å². The van der Waals surface area contributed by atoms with E-state index >= 15 is 0 Å². The van der Waals surface area contributed by atoms with E-state index in [1.54, 1.807) is 29.2 Å². The third kappa shape index (κ3) is 5.01. The summed E-state index contributed by atoms with van der Waals surface area (Å²) >= 11 is 6.00. The van der Waals surface area contributed by atoms with Gasteiger partial charge in [0.15, 0.2) is 17.3 Å². The van der Waals surface area contributed by atoms with Crippen LogP contribution in [0.2, 0.25) is 5.02 Å². The van der Waals surface area contributed by atoms with Gasteiger partial charge in [-0.25, -0.2) is 0 Å². The van der Waals surface area contributed by atoms with Gasteiger partial charge in [0.1, 0.15) is 13.2 Å². The van der Waals surface area contributed by atoms with Crippen LogP contribution >= 0.6 is 11.6 Å². The largest absolute Gasteiger partial charge is 0.486 e. The smallest absolute Gasteiger partial charge is 0.223 e. The van der Waals surface area contributed by atoms with Gasteiger partial charge in [-0.1, -0.05) is 23.7 Å². The molecule has 27 heavy (non-hydrogen) atoms. The molecule has 1 aliphatic heterocycles. The van der Waals surface area contributed by atoms with Crippen LogP contribution in [0.15, 0.2) is 42.5 Å². The molecule has 2 aromatic carbocycles. The zero-order valence-electron chi connectivity index (χ0n) is 15.2. The summed E-state index contributed by atoms with van der Waals surface area (Å²) in [6.45, 7) is 3.95. The fourth-order valence-electron chi connectivity index (χ4n) is 2.97. The van der Waals surface area contributed by atoms with Gasteiger partial charge in [0.2, 0.25) is 5.91 Å². The minimum atomic E-state index is -0.0841. The molecule has 1 heterocycles. The number of rotatable bonds is 7. The lowest BCUT2D eigenvalue weighted by Crippen LogP contribution is -2.30.